The van der Waals surface area contributed by atoms with Crippen LogP contribution in [-0.2, 0) is 0 Å². The van der Waals surface area contributed by atoms with Crippen molar-refractivity contribution >= 4 is 23.2 Å². The zero-order valence-corrected chi connectivity index (χ0v) is 21.8. The largest absolute Gasteiger partial charge is 0.369 e. The van der Waals surface area contributed by atoms with Crippen molar-refractivity contribution in [3.63, 3.8) is 0 Å². The normalized spacial score (nSPS) is 18.0. The molecule has 0 spiro atoms. The molecule has 2 aliphatic heterocycles. The van der Waals surface area contributed by atoms with Gasteiger partial charge in [0.2, 0.25) is 0 Å². The number of aromatic nitrogens is 2. The molecule has 6 rings (SSSR count). The smallest absolute Gasteiger partial charge is 0.334 e. The molecular weight excluding hydrogens is 482 g/mol. The lowest BCUT2D eigenvalue weighted by molar-refractivity contribution is -0.0583. The van der Waals surface area contributed by atoms with Crippen LogP contribution >= 0.6 is 0 Å². The first-order valence-electron chi connectivity index (χ1n) is 13.1. The molecule has 4 N–H and O–H groups in total. The van der Waals surface area contributed by atoms with E-state index in [1.807, 2.05) is 31.3 Å². The Kier molecular flexibility index (Phi) is 6.58. The number of piperazine rings is 2. The summed E-state index contributed by atoms with van der Waals surface area (Å²) in [5.74, 6) is -0.145. The molecule has 2 saturated heterocycles. The Labute approximate surface area is 221 Å². The highest BCUT2D eigenvalue weighted by molar-refractivity contribution is 6.26. The van der Waals surface area contributed by atoms with Crippen LogP contribution in [0.3, 0.4) is 0 Å². The van der Waals surface area contributed by atoms with Gasteiger partial charge < -0.3 is 20.4 Å². The predicted molar refractivity (Wildman–Crippen MR) is 147 cm³/mol. The Balaban J connectivity index is 1.19. The number of hydrazine groups is 2. The van der Waals surface area contributed by atoms with E-state index >= 15 is 0 Å². The summed E-state index contributed by atoms with van der Waals surface area (Å²) in [6, 6.07) is 13.3. The van der Waals surface area contributed by atoms with Crippen molar-refractivity contribution in [3.8, 4) is 22.5 Å². The standard InChI is InChI=1S/C27H33N9O2/c1-33-14-16-36(17-15-33)34(2)32-27(38)29-21-5-3-4-20-22(21)26(37)23-24(30-31-25(20)23)18-6-8-19(9-7-18)35-12-10-28-11-13-35/h3-9,28H,10-17H2,1-2H3,(H,30,31)(H2,29,32,38). The van der Waals surface area contributed by atoms with Gasteiger partial charge in [0.1, 0.15) is 5.69 Å². The van der Waals surface area contributed by atoms with Gasteiger partial charge in [-0.25, -0.2) is 9.80 Å². The van der Waals surface area contributed by atoms with Crippen molar-refractivity contribution in [2.75, 3.05) is 76.7 Å². The maximum Gasteiger partial charge on any atom is 0.334 e. The number of fused-ring (bicyclic) bond motifs is 3. The molecule has 2 aromatic carbocycles. The monoisotopic (exact) mass is 515 g/mol. The maximum atomic E-state index is 13.7. The van der Waals surface area contributed by atoms with Gasteiger partial charge in [-0.05, 0) is 25.2 Å². The molecule has 11 heteroatoms. The van der Waals surface area contributed by atoms with Gasteiger partial charge in [-0.3, -0.25) is 15.3 Å². The fourth-order valence-corrected chi connectivity index (χ4v) is 5.42. The Hall–Kier alpha value is -3.77. The minimum atomic E-state index is -0.398. The van der Waals surface area contributed by atoms with Gasteiger partial charge in [0.05, 0.1) is 22.5 Å². The summed E-state index contributed by atoms with van der Waals surface area (Å²) in [5, 5.41) is 17.6. The number of nitrogens with zero attached hydrogens (tertiary/aromatic N) is 5. The van der Waals surface area contributed by atoms with Crippen LogP contribution in [0, 0.1) is 0 Å². The second-order valence-electron chi connectivity index (χ2n) is 10.0. The van der Waals surface area contributed by atoms with Gasteiger partial charge in [0, 0.05) is 76.2 Å². The van der Waals surface area contributed by atoms with Crippen molar-refractivity contribution in [2.24, 2.45) is 0 Å². The number of hydrogen-bond donors (Lipinski definition) is 4. The zero-order chi connectivity index (χ0) is 26.2. The third-order valence-electron chi connectivity index (χ3n) is 7.59. The predicted octanol–water partition coefficient (Wildman–Crippen LogP) is 1.83. The molecule has 198 valence electrons. The molecule has 3 aromatic rings. The highest BCUT2D eigenvalue weighted by atomic mass is 16.2. The van der Waals surface area contributed by atoms with Crippen molar-refractivity contribution < 1.29 is 9.59 Å². The SMILES string of the molecule is CN1CCN(N(C)NC(=O)Nc2cccc3c2C(=O)c2c(-c4ccc(N5CCNCC5)cc4)n[nH]c2-3)CC1. The van der Waals surface area contributed by atoms with Crippen LogP contribution in [-0.4, -0.2) is 103 Å². The molecule has 38 heavy (non-hydrogen) atoms. The van der Waals surface area contributed by atoms with Crippen LogP contribution in [0.15, 0.2) is 42.5 Å². The van der Waals surface area contributed by atoms with Crippen molar-refractivity contribution in [1.82, 2.24) is 36.0 Å². The first-order chi connectivity index (χ1) is 18.5. The van der Waals surface area contributed by atoms with Crippen LogP contribution in [0.5, 0.6) is 0 Å². The number of urea groups is 1. The van der Waals surface area contributed by atoms with E-state index in [0.717, 1.165) is 69.2 Å². The Morgan fingerprint density at radius 1 is 0.974 bits per heavy atom. The summed E-state index contributed by atoms with van der Waals surface area (Å²) >= 11 is 0. The number of ketones is 1. The molecule has 0 radical (unpaired) electrons. The molecule has 2 amide bonds. The Bertz CT molecular complexity index is 1340. The van der Waals surface area contributed by atoms with Crippen LogP contribution in [0.2, 0.25) is 0 Å². The first-order valence-corrected chi connectivity index (χ1v) is 13.1. The van der Waals surface area contributed by atoms with Gasteiger partial charge >= 0.3 is 6.03 Å². The highest BCUT2D eigenvalue weighted by Gasteiger charge is 2.35. The molecular formula is C27H33N9O2. The molecule has 0 saturated carbocycles. The fraction of sp³-hybridized carbons (Fsp3) is 0.370. The van der Waals surface area contributed by atoms with Crippen molar-refractivity contribution in [1.29, 1.82) is 0 Å². The number of anilines is 2. The van der Waals surface area contributed by atoms with Crippen LogP contribution in [0.4, 0.5) is 16.2 Å². The summed E-state index contributed by atoms with van der Waals surface area (Å²) in [4.78, 5) is 31.1. The average molecular weight is 516 g/mol. The van der Waals surface area contributed by atoms with Gasteiger partial charge in [-0.15, -0.1) is 0 Å². The number of H-pyrrole nitrogens is 1. The summed E-state index contributed by atoms with van der Waals surface area (Å²) in [5.41, 5.74) is 8.44. The molecule has 1 aromatic heterocycles. The summed E-state index contributed by atoms with van der Waals surface area (Å²) < 4.78 is 0. The number of rotatable bonds is 5. The molecule has 2 fully saturated rings. The number of hydrogen-bond acceptors (Lipinski definition) is 8. The van der Waals surface area contributed by atoms with E-state index in [9.17, 15) is 9.59 Å². The third kappa shape index (κ3) is 4.54. The van der Waals surface area contributed by atoms with Gasteiger partial charge in [0.25, 0.3) is 0 Å². The molecule has 0 bridgehead atoms. The number of aromatic amines is 1. The minimum absolute atomic E-state index is 0.145. The average Bonchev–Trinajstić information content (AvgIpc) is 3.50. The fourth-order valence-electron chi connectivity index (χ4n) is 5.42. The van der Waals surface area contributed by atoms with E-state index in [2.05, 4.69) is 60.2 Å². The summed E-state index contributed by atoms with van der Waals surface area (Å²) in [6.07, 6.45) is 0. The van der Waals surface area contributed by atoms with Crippen molar-refractivity contribution in [3.05, 3.63) is 53.6 Å². The minimum Gasteiger partial charge on any atom is -0.369 e. The van der Waals surface area contributed by atoms with Gasteiger partial charge in [-0.1, -0.05) is 24.3 Å². The zero-order valence-electron chi connectivity index (χ0n) is 21.8. The number of amides is 2. The lowest BCUT2D eigenvalue weighted by Gasteiger charge is -2.37. The lowest BCUT2D eigenvalue weighted by atomic mass is 10.0. The molecule has 0 atom stereocenters. The quantitative estimate of drug-likeness (QED) is 0.298. The summed E-state index contributed by atoms with van der Waals surface area (Å²) in [7, 11) is 3.91. The molecule has 3 heterocycles. The van der Waals surface area contributed by atoms with Crippen LogP contribution in [0.25, 0.3) is 22.5 Å². The van der Waals surface area contributed by atoms with Gasteiger partial charge in [-0.2, -0.15) is 10.2 Å². The Morgan fingerprint density at radius 3 is 2.45 bits per heavy atom. The number of likely N-dealkylation sites (N-methyl/N-ethyl adjacent to an activating group) is 1. The topological polar surface area (TPSA) is 112 Å². The highest BCUT2D eigenvalue weighted by Crippen LogP contribution is 2.43. The van der Waals surface area contributed by atoms with Crippen LogP contribution < -0.4 is 21.0 Å². The Morgan fingerprint density at radius 2 is 1.71 bits per heavy atom. The number of nitrogens with one attached hydrogen (secondary N) is 4. The molecule has 1 aliphatic carbocycles. The van der Waals surface area contributed by atoms with E-state index in [0.29, 0.717) is 28.2 Å². The second kappa shape index (κ2) is 10.2. The second-order valence-corrected chi connectivity index (χ2v) is 10.0. The van der Waals surface area contributed by atoms with E-state index < -0.39 is 6.03 Å². The first kappa shape index (κ1) is 24.6. The molecule has 3 aliphatic rings. The van der Waals surface area contributed by atoms with E-state index in [1.165, 1.54) is 0 Å². The lowest BCUT2D eigenvalue weighted by Crippen LogP contribution is -2.57. The van der Waals surface area contributed by atoms with Crippen LogP contribution in [0.1, 0.15) is 15.9 Å². The van der Waals surface area contributed by atoms with Gasteiger partial charge in [0.15, 0.2) is 5.78 Å². The van der Waals surface area contributed by atoms with E-state index in [-0.39, 0.29) is 5.78 Å². The maximum absolute atomic E-state index is 13.7. The number of carbonyl (C=O) groups is 2. The molecule has 0 unspecified atom stereocenters. The van der Waals surface area contributed by atoms with E-state index in [4.69, 9.17) is 0 Å². The van der Waals surface area contributed by atoms with E-state index in [1.54, 1.807) is 11.2 Å². The number of benzene rings is 2. The number of carbonyl (C=O) groups excluding carboxylic acids is 2. The molecule has 11 nitrogen and oxygen atoms in total. The third-order valence-corrected chi connectivity index (χ3v) is 7.59. The van der Waals surface area contributed by atoms with Crippen molar-refractivity contribution in [2.45, 2.75) is 0 Å². The summed E-state index contributed by atoms with van der Waals surface area (Å²) in [6.45, 7) is 7.41.